The summed E-state index contributed by atoms with van der Waals surface area (Å²) in [7, 11) is 2.15. The van der Waals surface area contributed by atoms with Gasteiger partial charge in [-0.25, -0.2) is 0 Å². The van der Waals surface area contributed by atoms with Crippen molar-refractivity contribution < 1.29 is 0 Å². The number of likely N-dealkylation sites (N-methyl/N-ethyl adjacent to an activating group) is 1. The molecule has 0 spiro atoms. The first kappa shape index (κ1) is 17.0. The lowest BCUT2D eigenvalue weighted by atomic mass is 9.79. The van der Waals surface area contributed by atoms with Crippen LogP contribution in [0.1, 0.15) is 72.6 Å². The Balaban J connectivity index is 2.75. The molecular formula is C17H36N2. The van der Waals surface area contributed by atoms with Crippen LogP contribution in [0.15, 0.2) is 0 Å². The lowest BCUT2D eigenvalue weighted by molar-refractivity contribution is 0.0639. The number of nitrogens with one attached hydrogen (secondary N) is 1. The van der Waals surface area contributed by atoms with Crippen molar-refractivity contribution in [3.05, 3.63) is 0 Å². The molecule has 1 N–H and O–H groups in total. The van der Waals surface area contributed by atoms with E-state index in [1.165, 1.54) is 51.5 Å². The largest absolute Gasteiger partial charge is 0.315 e. The highest BCUT2D eigenvalue weighted by Crippen LogP contribution is 2.31. The van der Waals surface area contributed by atoms with Gasteiger partial charge in [0.1, 0.15) is 0 Å². The zero-order valence-corrected chi connectivity index (χ0v) is 13.9. The SMILES string of the molecule is CCCCN(C(C)CC)C1CC(CC)CCC1NC. The maximum atomic E-state index is 3.59. The van der Waals surface area contributed by atoms with Crippen LogP contribution in [0.2, 0.25) is 0 Å². The summed E-state index contributed by atoms with van der Waals surface area (Å²) < 4.78 is 0. The minimum Gasteiger partial charge on any atom is -0.315 e. The highest BCUT2D eigenvalue weighted by Gasteiger charge is 2.34. The minimum absolute atomic E-state index is 0.702. The van der Waals surface area contributed by atoms with Crippen molar-refractivity contribution >= 4 is 0 Å². The summed E-state index contributed by atoms with van der Waals surface area (Å²) in [4.78, 5) is 2.81. The Morgan fingerprint density at radius 3 is 2.47 bits per heavy atom. The molecule has 0 bridgehead atoms. The molecule has 0 heterocycles. The highest BCUT2D eigenvalue weighted by molar-refractivity contribution is 4.91. The van der Waals surface area contributed by atoms with Gasteiger partial charge in [-0.2, -0.15) is 0 Å². The van der Waals surface area contributed by atoms with Crippen LogP contribution in [0.25, 0.3) is 0 Å². The number of hydrogen-bond acceptors (Lipinski definition) is 2. The van der Waals surface area contributed by atoms with Crippen LogP contribution in [-0.2, 0) is 0 Å². The average molecular weight is 268 g/mol. The molecule has 1 fully saturated rings. The van der Waals surface area contributed by atoms with E-state index >= 15 is 0 Å². The normalized spacial score (nSPS) is 29.7. The first-order chi connectivity index (χ1) is 9.17. The van der Waals surface area contributed by atoms with E-state index in [-0.39, 0.29) is 0 Å². The van der Waals surface area contributed by atoms with Gasteiger partial charge in [-0.05, 0) is 58.5 Å². The molecule has 4 atom stereocenters. The number of rotatable bonds is 8. The molecule has 0 amide bonds. The van der Waals surface area contributed by atoms with E-state index in [0.29, 0.717) is 6.04 Å². The third-order valence-corrected chi connectivity index (χ3v) is 5.23. The molecule has 1 saturated carbocycles. The van der Waals surface area contributed by atoms with Crippen LogP contribution < -0.4 is 5.32 Å². The summed E-state index contributed by atoms with van der Waals surface area (Å²) in [6.07, 6.45) is 9.45. The number of hydrogen-bond donors (Lipinski definition) is 1. The molecule has 1 rings (SSSR count). The van der Waals surface area contributed by atoms with E-state index in [0.717, 1.165) is 18.0 Å². The van der Waals surface area contributed by atoms with E-state index in [9.17, 15) is 0 Å². The topological polar surface area (TPSA) is 15.3 Å². The van der Waals surface area contributed by atoms with Crippen LogP contribution in [0, 0.1) is 5.92 Å². The minimum atomic E-state index is 0.702. The molecule has 0 radical (unpaired) electrons. The van der Waals surface area contributed by atoms with Gasteiger partial charge in [-0.1, -0.05) is 33.6 Å². The van der Waals surface area contributed by atoms with E-state index in [2.05, 4.69) is 45.0 Å². The smallest absolute Gasteiger partial charge is 0.0254 e. The van der Waals surface area contributed by atoms with E-state index in [1.807, 2.05) is 0 Å². The molecule has 0 aromatic rings. The van der Waals surface area contributed by atoms with E-state index in [1.54, 1.807) is 0 Å². The summed E-state index contributed by atoms with van der Waals surface area (Å²) >= 11 is 0. The zero-order chi connectivity index (χ0) is 14.3. The number of nitrogens with zero attached hydrogens (tertiary/aromatic N) is 1. The summed E-state index contributed by atoms with van der Waals surface area (Å²) in [6.45, 7) is 10.7. The summed E-state index contributed by atoms with van der Waals surface area (Å²) in [6, 6.07) is 2.18. The predicted molar refractivity (Wildman–Crippen MR) is 85.6 cm³/mol. The molecule has 19 heavy (non-hydrogen) atoms. The first-order valence-corrected chi connectivity index (χ1v) is 8.60. The lowest BCUT2D eigenvalue weighted by Gasteiger charge is -2.45. The van der Waals surface area contributed by atoms with Crippen molar-refractivity contribution in [2.24, 2.45) is 5.92 Å². The van der Waals surface area contributed by atoms with E-state index < -0.39 is 0 Å². The Morgan fingerprint density at radius 1 is 1.21 bits per heavy atom. The lowest BCUT2D eigenvalue weighted by Crippen LogP contribution is -2.55. The van der Waals surface area contributed by atoms with Gasteiger partial charge in [0, 0.05) is 18.1 Å². The molecule has 0 aromatic carbocycles. The second kappa shape index (κ2) is 8.97. The second-order valence-corrected chi connectivity index (χ2v) is 6.40. The van der Waals surface area contributed by atoms with Gasteiger partial charge in [0.25, 0.3) is 0 Å². The maximum Gasteiger partial charge on any atom is 0.0254 e. The molecule has 4 unspecified atom stereocenters. The van der Waals surface area contributed by atoms with Crippen molar-refractivity contribution in [2.75, 3.05) is 13.6 Å². The third-order valence-electron chi connectivity index (χ3n) is 5.23. The Hall–Kier alpha value is -0.0800. The Morgan fingerprint density at radius 2 is 1.95 bits per heavy atom. The summed E-state index contributed by atoms with van der Waals surface area (Å²) in [5.41, 5.74) is 0. The first-order valence-electron chi connectivity index (χ1n) is 8.60. The van der Waals surface area contributed by atoms with Crippen LogP contribution >= 0.6 is 0 Å². The Labute approximate surface area is 121 Å². The maximum absolute atomic E-state index is 3.59. The molecule has 0 aromatic heterocycles. The fourth-order valence-corrected chi connectivity index (χ4v) is 3.59. The highest BCUT2D eigenvalue weighted by atomic mass is 15.2. The average Bonchev–Trinajstić information content (AvgIpc) is 2.46. The summed E-state index contributed by atoms with van der Waals surface area (Å²) in [5.74, 6) is 0.947. The molecule has 1 aliphatic rings. The van der Waals surface area contributed by atoms with Gasteiger partial charge in [0.05, 0.1) is 0 Å². The van der Waals surface area contributed by atoms with Crippen LogP contribution in [0.4, 0.5) is 0 Å². The molecule has 114 valence electrons. The quantitative estimate of drug-likeness (QED) is 0.714. The van der Waals surface area contributed by atoms with Gasteiger partial charge in [-0.3, -0.25) is 4.90 Å². The second-order valence-electron chi connectivity index (χ2n) is 6.40. The molecular weight excluding hydrogens is 232 g/mol. The van der Waals surface area contributed by atoms with Crippen molar-refractivity contribution in [2.45, 2.75) is 90.8 Å². The van der Waals surface area contributed by atoms with Gasteiger partial charge in [0.2, 0.25) is 0 Å². The summed E-state index contributed by atoms with van der Waals surface area (Å²) in [5, 5.41) is 3.59. The third kappa shape index (κ3) is 4.75. The van der Waals surface area contributed by atoms with Gasteiger partial charge in [0.15, 0.2) is 0 Å². The van der Waals surface area contributed by atoms with Gasteiger partial charge in [-0.15, -0.1) is 0 Å². The monoisotopic (exact) mass is 268 g/mol. The van der Waals surface area contributed by atoms with Crippen LogP contribution in [0.3, 0.4) is 0 Å². The molecule has 2 nitrogen and oxygen atoms in total. The molecule has 0 aliphatic heterocycles. The molecule has 2 heteroatoms. The predicted octanol–water partition coefficient (Wildman–Crippen LogP) is 4.05. The van der Waals surface area contributed by atoms with Crippen LogP contribution in [0.5, 0.6) is 0 Å². The zero-order valence-electron chi connectivity index (χ0n) is 13.9. The Bertz CT molecular complexity index is 229. The Kier molecular flexibility index (Phi) is 8.01. The molecule has 1 aliphatic carbocycles. The van der Waals surface area contributed by atoms with Crippen molar-refractivity contribution in [3.8, 4) is 0 Å². The van der Waals surface area contributed by atoms with E-state index in [4.69, 9.17) is 0 Å². The van der Waals surface area contributed by atoms with Crippen molar-refractivity contribution in [1.29, 1.82) is 0 Å². The van der Waals surface area contributed by atoms with Crippen LogP contribution in [-0.4, -0.2) is 36.6 Å². The fraction of sp³-hybridized carbons (Fsp3) is 1.00. The fourth-order valence-electron chi connectivity index (χ4n) is 3.59. The standard InChI is InChI=1S/C17H36N2/c1-6-9-12-19(14(4)7-2)17-13-15(8-3)10-11-16(17)18-5/h14-18H,6-13H2,1-5H3. The molecule has 0 saturated heterocycles. The van der Waals surface area contributed by atoms with Gasteiger partial charge < -0.3 is 5.32 Å². The van der Waals surface area contributed by atoms with Crippen molar-refractivity contribution in [3.63, 3.8) is 0 Å². The number of unbranched alkanes of at least 4 members (excludes halogenated alkanes) is 1. The van der Waals surface area contributed by atoms with Gasteiger partial charge >= 0.3 is 0 Å². The van der Waals surface area contributed by atoms with Crippen molar-refractivity contribution in [1.82, 2.24) is 10.2 Å².